The summed E-state index contributed by atoms with van der Waals surface area (Å²) in [5.74, 6) is 0.846. The third-order valence-corrected chi connectivity index (χ3v) is 2.60. The van der Waals surface area contributed by atoms with Crippen LogP contribution in [0.25, 0.3) is 0 Å². The summed E-state index contributed by atoms with van der Waals surface area (Å²) in [4.78, 5) is 13.3. The first-order chi connectivity index (χ1) is 8.88. The van der Waals surface area contributed by atoms with Crippen molar-refractivity contribution >= 4 is 5.91 Å². The van der Waals surface area contributed by atoms with Gasteiger partial charge in [0.15, 0.2) is 0 Å². The van der Waals surface area contributed by atoms with Crippen molar-refractivity contribution in [1.82, 2.24) is 4.90 Å². The molecule has 0 atom stereocenters. The van der Waals surface area contributed by atoms with E-state index < -0.39 is 5.60 Å². The van der Waals surface area contributed by atoms with E-state index in [9.17, 15) is 9.90 Å². The van der Waals surface area contributed by atoms with Gasteiger partial charge in [0.25, 0.3) is 0 Å². The molecule has 0 bridgehead atoms. The summed E-state index contributed by atoms with van der Waals surface area (Å²) in [5.41, 5.74) is -0.856. The van der Waals surface area contributed by atoms with Crippen LogP contribution in [-0.4, -0.2) is 41.7 Å². The lowest BCUT2D eigenvalue weighted by Crippen LogP contribution is -2.39. The van der Waals surface area contributed by atoms with E-state index in [1.165, 1.54) is 0 Å². The average molecular weight is 265 g/mol. The highest BCUT2D eigenvalue weighted by molar-refractivity contribution is 5.75. The third-order valence-electron chi connectivity index (χ3n) is 2.60. The Morgan fingerprint density at radius 1 is 1.32 bits per heavy atom. The van der Waals surface area contributed by atoms with Crippen LogP contribution in [0.5, 0.6) is 5.75 Å². The number of amides is 1. The van der Waals surface area contributed by atoms with E-state index in [4.69, 9.17) is 4.74 Å². The monoisotopic (exact) mass is 265 g/mol. The van der Waals surface area contributed by atoms with Gasteiger partial charge in [0.05, 0.1) is 12.2 Å². The Balaban J connectivity index is 2.20. The molecular formula is C15H23NO3. The van der Waals surface area contributed by atoms with Crippen LogP contribution in [0.1, 0.15) is 26.7 Å². The topological polar surface area (TPSA) is 49.8 Å². The zero-order chi connectivity index (χ0) is 14.3. The van der Waals surface area contributed by atoms with E-state index in [2.05, 4.69) is 0 Å². The van der Waals surface area contributed by atoms with Crippen molar-refractivity contribution in [1.29, 1.82) is 0 Å². The fraction of sp³-hybridized carbons (Fsp3) is 0.533. The van der Waals surface area contributed by atoms with Gasteiger partial charge in [0.2, 0.25) is 5.91 Å². The van der Waals surface area contributed by atoms with Crippen LogP contribution in [0, 0.1) is 0 Å². The minimum atomic E-state index is -0.856. The van der Waals surface area contributed by atoms with Crippen molar-refractivity contribution in [3.63, 3.8) is 0 Å². The number of aliphatic hydroxyl groups is 1. The van der Waals surface area contributed by atoms with Gasteiger partial charge >= 0.3 is 0 Å². The van der Waals surface area contributed by atoms with Crippen LogP contribution in [0.4, 0.5) is 0 Å². The molecule has 4 nitrogen and oxygen atoms in total. The Labute approximate surface area is 115 Å². The highest BCUT2D eigenvalue weighted by Crippen LogP contribution is 2.09. The molecule has 0 aromatic heterocycles. The Bertz CT molecular complexity index is 384. The van der Waals surface area contributed by atoms with Gasteiger partial charge in [-0.25, -0.2) is 0 Å². The van der Waals surface area contributed by atoms with Gasteiger partial charge in [-0.2, -0.15) is 0 Å². The second-order valence-electron chi connectivity index (χ2n) is 5.33. The van der Waals surface area contributed by atoms with Crippen molar-refractivity contribution in [2.45, 2.75) is 32.3 Å². The lowest BCUT2D eigenvalue weighted by atomic mass is 10.1. The molecule has 1 aromatic carbocycles. The average Bonchev–Trinajstić information content (AvgIpc) is 2.33. The van der Waals surface area contributed by atoms with Gasteiger partial charge in [0.1, 0.15) is 5.75 Å². The molecule has 0 saturated heterocycles. The van der Waals surface area contributed by atoms with E-state index in [-0.39, 0.29) is 5.91 Å². The second-order valence-corrected chi connectivity index (χ2v) is 5.33. The molecule has 1 N–H and O–H groups in total. The van der Waals surface area contributed by atoms with E-state index >= 15 is 0 Å². The van der Waals surface area contributed by atoms with E-state index in [1.54, 1.807) is 25.8 Å². The number of ether oxygens (including phenoxy) is 1. The molecule has 0 aliphatic rings. The molecule has 0 fully saturated rings. The van der Waals surface area contributed by atoms with Gasteiger partial charge in [-0.1, -0.05) is 18.2 Å². The molecule has 1 amide bonds. The van der Waals surface area contributed by atoms with Crippen molar-refractivity contribution in [2.24, 2.45) is 0 Å². The molecule has 0 aliphatic carbocycles. The molecule has 0 heterocycles. The molecule has 19 heavy (non-hydrogen) atoms. The van der Waals surface area contributed by atoms with Gasteiger partial charge < -0.3 is 14.7 Å². The standard InChI is InChI=1S/C15H23NO3/c1-15(2,18)12-16(3)14(17)10-7-11-19-13-8-5-4-6-9-13/h4-6,8-9,18H,7,10-12H2,1-3H3. The Morgan fingerprint density at radius 2 is 1.95 bits per heavy atom. The summed E-state index contributed by atoms with van der Waals surface area (Å²) < 4.78 is 5.52. The first-order valence-corrected chi connectivity index (χ1v) is 6.53. The van der Waals surface area contributed by atoms with Crippen LogP contribution >= 0.6 is 0 Å². The molecule has 0 spiro atoms. The molecule has 0 aliphatic heterocycles. The zero-order valence-corrected chi connectivity index (χ0v) is 11.9. The number of nitrogens with zero attached hydrogens (tertiary/aromatic N) is 1. The zero-order valence-electron chi connectivity index (χ0n) is 11.9. The predicted octanol–water partition coefficient (Wildman–Crippen LogP) is 2.07. The summed E-state index contributed by atoms with van der Waals surface area (Å²) >= 11 is 0. The first kappa shape index (κ1) is 15.5. The number of hydrogen-bond acceptors (Lipinski definition) is 3. The van der Waals surface area contributed by atoms with Gasteiger partial charge in [0, 0.05) is 20.0 Å². The number of carbonyl (C=O) groups is 1. The van der Waals surface area contributed by atoms with Crippen molar-refractivity contribution in [3.05, 3.63) is 30.3 Å². The maximum Gasteiger partial charge on any atom is 0.222 e. The highest BCUT2D eigenvalue weighted by Gasteiger charge is 2.18. The summed E-state index contributed by atoms with van der Waals surface area (Å²) in [6.45, 7) is 4.24. The molecule has 1 aromatic rings. The number of carbonyl (C=O) groups excluding carboxylic acids is 1. The number of para-hydroxylation sites is 1. The van der Waals surface area contributed by atoms with Gasteiger partial charge in [-0.3, -0.25) is 4.79 Å². The van der Waals surface area contributed by atoms with E-state index in [0.717, 1.165) is 5.75 Å². The Kier molecular flexibility index (Phi) is 5.83. The number of rotatable bonds is 7. The smallest absolute Gasteiger partial charge is 0.222 e. The molecule has 0 unspecified atom stereocenters. The predicted molar refractivity (Wildman–Crippen MR) is 75.1 cm³/mol. The molecular weight excluding hydrogens is 242 g/mol. The molecule has 0 radical (unpaired) electrons. The van der Waals surface area contributed by atoms with Crippen LogP contribution < -0.4 is 4.74 Å². The minimum absolute atomic E-state index is 0.0267. The Hall–Kier alpha value is -1.55. The second kappa shape index (κ2) is 7.14. The summed E-state index contributed by atoms with van der Waals surface area (Å²) in [6.07, 6.45) is 1.10. The molecule has 0 saturated carbocycles. The summed E-state index contributed by atoms with van der Waals surface area (Å²) in [6, 6.07) is 9.54. The highest BCUT2D eigenvalue weighted by atomic mass is 16.5. The van der Waals surface area contributed by atoms with Crippen LogP contribution in [0.15, 0.2) is 30.3 Å². The lowest BCUT2D eigenvalue weighted by Gasteiger charge is -2.25. The summed E-state index contributed by atoms with van der Waals surface area (Å²) in [7, 11) is 1.71. The number of benzene rings is 1. The van der Waals surface area contributed by atoms with Gasteiger partial charge in [-0.05, 0) is 32.4 Å². The third kappa shape index (κ3) is 6.82. The number of hydrogen-bond donors (Lipinski definition) is 1. The maximum absolute atomic E-state index is 11.8. The molecule has 4 heteroatoms. The van der Waals surface area contributed by atoms with Crippen LogP contribution in [0.2, 0.25) is 0 Å². The minimum Gasteiger partial charge on any atom is -0.494 e. The molecule has 106 valence electrons. The fourth-order valence-corrected chi connectivity index (χ4v) is 1.79. The van der Waals surface area contributed by atoms with Gasteiger partial charge in [-0.15, -0.1) is 0 Å². The largest absolute Gasteiger partial charge is 0.494 e. The SMILES string of the molecule is CN(CC(C)(C)O)C(=O)CCCOc1ccccc1. The van der Waals surface area contributed by atoms with Crippen molar-refractivity contribution < 1.29 is 14.6 Å². The van der Waals surface area contributed by atoms with Crippen molar-refractivity contribution in [3.8, 4) is 5.75 Å². The molecule has 1 rings (SSSR count). The quantitative estimate of drug-likeness (QED) is 0.768. The van der Waals surface area contributed by atoms with Crippen molar-refractivity contribution in [2.75, 3.05) is 20.2 Å². The van der Waals surface area contributed by atoms with Crippen LogP contribution in [-0.2, 0) is 4.79 Å². The number of likely N-dealkylation sites (N-methyl/N-ethyl adjacent to an activating group) is 1. The normalized spacial score (nSPS) is 11.2. The van der Waals surface area contributed by atoms with Crippen LogP contribution in [0.3, 0.4) is 0 Å². The van der Waals surface area contributed by atoms with E-state index in [1.807, 2.05) is 30.3 Å². The Morgan fingerprint density at radius 3 is 2.53 bits per heavy atom. The lowest BCUT2D eigenvalue weighted by molar-refractivity contribution is -0.132. The van der Waals surface area contributed by atoms with E-state index in [0.29, 0.717) is 26.0 Å². The maximum atomic E-state index is 11.8. The first-order valence-electron chi connectivity index (χ1n) is 6.53. The summed E-state index contributed by atoms with van der Waals surface area (Å²) in [5, 5.41) is 9.64. The fourth-order valence-electron chi connectivity index (χ4n) is 1.79.